The van der Waals surface area contributed by atoms with Crippen molar-refractivity contribution in [1.82, 2.24) is 4.90 Å². The second kappa shape index (κ2) is 12.3. The molecule has 1 fully saturated rings. The fourth-order valence-electron chi connectivity index (χ4n) is 4.10. The molecular formula is C28H37N3O. The van der Waals surface area contributed by atoms with Crippen LogP contribution in [0, 0.1) is 6.92 Å². The highest BCUT2D eigenvalue weighted by Crippen LogP contribution is 2.25. The number of anilines is 1. The van der Waals surface area contributed by atoms with Crippen LogP contribution in [0.5, 0.6) is 5.75 Å². The molecule has 2 aromatic rings. The number of nitrogens with zero attached hydrogens (tertiary/aromatic N) is 2. The van der Waals surface area contributed by atoms with Gasteiger partial charge in [-0.25, -0.2) is 0 Å². The van der Waals surface area contributed by atoms with Crippen LogP contribution in [-0.2, 0) is 6.42 Å². The fourth-order valence-corrected chi connectivity index (χ4v) is 4.10. The van der Waals surface area contributed by atoms with Crippen molar-refractivity contribution in [2.24, 2.45) is 4.99 Å². The number of likely N-dealkylation sites (tertiary alicyclic amines) is 1. The molecule has 0 aromatic heterocycles. The number of phenolic OH excluding ortho intramolecular Hbond substituents is 1. The third kappa shape index (κ3) is 7.69. The number of benzene rings is 2. The standard InChI is InChI=1S/C28H37N3O/c1-22-12-13-27(28(32)19-22)23(2)14-15-29-24(3)21-30-26-11-7-9-25(20-26)10-8-18-31-16-5-4-6-17-31/h7,9,11-15,19-20,30,32H,3-6,8,10,16-18,21H2,1-2H3/b23-14+,29-15?. The number of piperidine rings is 1. The highest BCUT2D eigenvalue weighted by atomic mass is 16.3. The Labute approximate surface area is 193 Å². The van der Waals surface area contributed by atoms with Gasteiger partial charge >= 0.3 is 0 Å². The molecule has 0 unspecified atom stereocenters. The summed E-state index contributed by atoms with van der Waals surface area (Å²) in [7, 11) is 0. The minimum Gasteiger partial charge on any atom is -0.507 e. The van der Waals surface area contributed by atoms with Gasteiger partial charge in [0.05, 0.1) is 12.2 Å². The molecule has 4 nitrogen and oxygen atoms in total. The maximum atomic E-state index is 10.1. The van der Waals surface area contributed by atoms with Crippen molar-refractivity contribution in [2.45, 2.75) is 46.0 Å². The van der Waals surface area contributed by atoms with Crippen molar-refractivity contribution in [1.29, 1.82) is 0 Å². The number of rotatable bonds is 10. The summed E-state index contributed by atoms with van der Waals surface area (Å²) in [4.78, 5) is 7.03. The van der Waals surface area contributed by atoms with Crippen molar-refractivity contribution in [3.8, 4) is 5.75 Å². The van der Waals surface area contributed by atoms with E-state index in [1.807, 2.05) is 32.1 Å². The van der Waals surface area contributed by atoms with Crippen molar-refractivity contribution in [3.63, 3.8) is 0 Å². The normalized spacial score (nSPS) is 15.2. The molecule has 4 heteroatoms. The topological polar surface area (TPSA) is 47.9 Å². The Morgan fingerprint density at radius 1 is 1.16 bits per heavy atom. The number of hydrogen-bond acceptors (Lipinski definition) is 4. The summed E-state index contributed by atoms with van der Waals surface area (Å²) in [6.07, 6.45) is 10.1. The maximum Gasteiger partial charge on any atom is 0.123 e. The second-order valence-electron chi connectivity index (χ2n) is 8.77. The number of nitrogens with one attached hydrogen (secondary N) is 1. The summed E-state index contributed by atoms with van der Waals surface area (Å²) in [5, 5.41) is 13.5. The quantitative estimate of drug-likeness (QED) is 0.439. The average molecular weight is 432 g/mol. The molecule has 1 heterocycles. The molecule has 1 aliphatic heterocycles. The molecular weight excluding hydrogens is 394 g/mol. The lowest BCUT2D eigenvalue weighted by Gasteiger charge is -2.26. The minimum atomic E-state index is 0.295. The van der Waals surface area contributed by atoms with E-state index in [1.165, 1.54) is 50.9 Å². The first-order chi connectivity index (χ1) is 15.5. The van der Waals surface area contributed by atoms with Crippen LogP contribution in [0.15, 0.2) is 65.8 Å². The molecule has 3 rings (SSSR count). The van der Waals surface area contributed by atoms with E-state index in [9.17, 15) is 5.11 Å². The summed E-state index contributed by atoms with van der Waals surface area (Å²) in [6, 6.07) is 14.4. The van der Waals surface area contributed by atoms with Gasteiger partial charge in [0, 0.05) is 17.5 Å². The van der Waals surface area contributed by atoms with Crippen molar-refractivity contribution >= 4 is 17.5 Å². The largest absolute Gasteiger partial charge is 0.507 e. The Morgan fingerprint density at radius 2 is 1.97 bits per heavy atom. The highest BCUT2D eigenvalue weighted by molar-refractivity contribution is 5.85. The predicted molar refractivity (Wildman–Crippen MR) is 138 cm³/mol. The smallest absolute Gasteiger partial charge is 0.123 e. The summed E-state index contributed by atoms with van der Waals surface area (Å²) < 4.78 is 0. The molecule has 170 valence electrons. The molecule has 0 atom stereocenters. The molecule has 32 heavy (non-hydrogen) atoms. The lowest BCUT2D eigenvalue weighted by molar-refractivity contribution is 0.226. The number of aryl methyl sites for hydroxylation is 2. The van der Waals surface area contributed by atoms with Gasteiger partial charge in [-0.3, -0.25) is 4.99 Å². The Bertz CT molecular complexity index is 955. The molecule has 2 aromatic carbocycles. The van der Waals surface area contributed by atoms with Crippen molar-refractivity contribution < 1.29 is 5.11 Å². The lowest BCUT2D eigenvalue weighted by Crippen LogP contribution is -2.30. The first kappa shape index (κ1) is 23.8. The zero-order valence-corrected chi connectivity index (χ0v) is 19.6. The van der Waals surface area contributed by atoms with E-state index in [-0.39, 0.29) is 0 Å². The van der Waals surface area contributed by atoms with Gasteiger partial charge < -0.3 is 15.3 Å². The van der Waals surface area contributed by atoms with Crippen LogP contribution in [0.3, 0.4) is 0 Å². The molecule has 0 spiro atoms. The van der Waals surface area contributed by atoms with Gasteiger partial charge in [-0.2, -0.15) is 0 Å². The molecule has 0 saturated carbocycles. The van der Waals surface area contributed by atoms with Crippen LogP contribution < -0.4 is 5.32 Å². The van der Waals surface area contributed by atoms with E-state index in [4.69, 9.17) is 0 Å². The summed E-state index contributed by atoms with van der Waals surface area (Å²) in [5.41, 5.74) is 6.06. The van der Waals surface area contributed by atoms with Gasteiger partial charge in [0.1, 0.15) is 5.75 Å². The van der Waals surface area contributed by atoms with Gasteiger partial charge in [-0.05, 0) is 100 Å². The van der Waals surface area contributed by atoms with Gasteiger partial charge in [0.2, 0.25) is 0 Å². The van der Waals surface area contributed by atoms with E-state index >= 15 is 0 Å². The number of hydrogen-bond donors (Lipinski definition) is 2. The highest BCUT2D eigenvalue weighted by Gasteiger charge is 2.09. The van der Waals surface area contributed by atoms with E-state index < -0.39 is 0 Å². The molecule has 0 aliphatic carbocycles. The summed E-state index contributed by atoms with van der Waals surface area (Å²) in [6.45, 7) is 12.3. The van der Waals surface area contributed by atoms with E-state index in [0.29, 0.717) is 12.3 Å². The zero-order valence-electron chi connectivity index (χ0n) is 19.6. The molecule has 2 N–H and O–H groups in total. The van der Waals surface area contributed by atoms with E-state index in [0.717, 1.165) is 34.5 Å². The van der Waals surface area contributed by atoms with Crippen LogP contribution >= 0.6 is 0 Å². The Hall–Kier alpha value is -2.85. The zero-order chi connectivity index (χ0) is 22.8. The summed E-state index contributed by atoms with van der Waals surface area (Å²) in [5.74, 6) is 0.295. The van der Waals surface area contributed by atoms with Gasteiger partial charge in [-0.15, -0.1) is 0 Å². The number of aromatic hydroxyl groups is 1. The molecule has 0 radical (unpaired) electrons. The molecule has 1 aliphatic rings. The Balaban J connectivity index is 1.44. The van der Waals surface area contributed by atoms with Crippen LogP contribution in [0.1, 0.15) is 49.3 Å². The first-order valence-electron chi connectivity index (χ1n) is 11.7. The molecule has 0 bridgehead atoms. The lowest BCUT2D eigenvalue weighted by atomic mass is 10.0. The SMILES string of the molecule is C=C(CNc1cccc(CCCN2CCCCC2)c1)N=C/C=C(\C)c1ccc(C)cc1O. The second-order valence-corrected chi connectivity index (χ2v) is 8.77. The van der Waals surface area contributed by atoms with Crippen LogP contribution in [0.4, 0.5) is 5.69 Å². The number of phenols is 1. The van der Waals surface area contributed by atoms with Gasteiger partial charge in [-0.1, -0.05) is 37.3 Å². The fraction of sp³-hybridized carbons (Fsp3) is 0.393. The molecule has 0 amide bonds. The number of aliphatic imine (C=N–C) groups is 1. The maximum absolute atomic E-state index is 10.1. The van der Waals surface area contributed by atoms with Crippen LogP contribution in [0.25, 0.3) is 5.57 Å². The van der Waals surface area contributed by atoms with Gasteiger partial charge in [0.15, 0.2) is 0 Å². The van der Waals surface area contributed by atoms with E-state index in [2.05, 4.69) is 46.1 Å². The third-order valence-electron chi connectivity index (χ3n) is 5.97. The third-order valence-corrected chi connectivity index (χ3v) is 5.97. The monoisotopic (exact) mass is 431 g/mol. The van der Waals surface area contributed by atoms with Crippen molar-refractivity contribution in [2.75, 3.05) is 31.5 Å². The minimum absolute atomic E-state index is 0.295. The van der Waals surface area contributed by atoms with Crippen LogP contribution in [-0.4, -0.2) is 42.4 Å². The number of allylic oxidation sites excluding steroid dienone is 2. The summed E-state index contributed by atoms with van der Waals surface area (Å²) >= 11 is 0. The van der Waals surface area contributed by atoms with Crippen molar-refractivity contribution in [3.05, 3.63) is 77.5 Å². The molecule has 1 saturated heterocycles. The Kier molecular flexibility index (Phi) is 9.12. The predicted octanol–water partition coefficient (Wildman–Crippen LogP) is 6.22. The Morgan fingerprint density at radius 3 is 2.75 bits per heavy atom. The van der Waals surface area contributed by atoms with E-state index in [1.54, 1.807) is 12.3 Å². The first-order valence-corrected chi connectivity index (χ1v) is 11.7. The van der Waals surface area contributed by atoms with Gasteiger partial charge in [0.25, 0.3) is 0 Å². The average Bonchev–Trinajstić information content (AvgIpc) is 2.78. The van der Waals surface area contributed by atoms with Crippen LogP contribution in [0.2, 0.25) is 0 Å².